The summed E-state index contributed by atoms with van der Waals surface area (Å²) in [5, 5.41) is 2.87. The number of amides is 1. The molecule has 0 aliphatic rings. The Morgan fingerprint density at radius 1 is 1.00 bits per heavy atom. The second-order valence-electron chi connectivity index (χ2n) is 7.27. The lowest BCUT2D eigenvalue weighted by atomic mass is 10.1. The van der Waals surface area contributed by atoms with Crippen molar-refractivity contribution in [3.8, 4) is 0 Å². The van der Waals surface area contributed by atoms with Crippen LogP contribution in [0.3, 0.4) is 0 Å². The lowest BCUT2D eigenvalue weighted by Gasteiger charge is -2.10. The number of unbranched alkanes of at least 4 members (excludes halogenated alkanes) is 2. The summed E-state index contributed by atoms with van der Waals surface area (Å²) in [7, 11) is 0. The minimum atomic E-state index is -0.228. The van der Waals surface area contributed by atoms with Gasteiger partial charge < -0.3 is 14.3 Å². The highest BCUT2D eigenvalue weighted by atomic mass is 19.1. The first kappa shape index (κ1) is 19.9. The van der Waals surface area contributed by atoms with Crippen LogP contribution in [0.2, 0.25) is 0 Å². The molecule has 30 heavy (non-hydrogen) atoms. The van der Waals surface area contributed by atoms with Gasteiger partial charge in [-0.2, -0.15) is 0 Å². The Morgan fingerprint density at radius 3 is 2.63 bits per heavy atom. The number of nitrogens with zero attached hydrogens (tertiary/aromatic N) is 2. The van der Waals surface area contributed by atoms with Gasteiger partial charge in [0.25, 0.3) is 5.91 Å². The molecule has 1 amide bonds. The summed E-state index contributed by atoms with van der Waals surface area (Å²) in [6.45, 7) is 1.28. The van der Waals surface area contributed by atoms with Gasteiger partial charge in [0.1, 0.15) is 11.6 Å². The van der Waals surface area contributed by atoms with Crippen LogP contribution in [-0.2, 0) is 13.0 Å². The van der Waals surface area contributed by atoms with E-state index in [4.69, 9.17) is 9.40 Å². The van der Waals surface area contributed by atoms with Crippen LogP contribution in [0.25, 0.3) is 11.0 Å². The molecule has 4 rings (SSSR count). The fourth-order valence-corrected chi connectivity index (χ4v) is 3.55. The number of carbonyl (C=O) groups is 1. The molecule has 0 bridgehead atoms. The van der Waals surface area contributed by atoms with Gasteiger partial charge in [-0.05, 0) is 54.8 Å². The van der Waals surface area contributed by atoms with Crippen molar-refractivity contribution in [2.45, 2.75) is 32.2 Å². The zero-order valence-electron chi connectivity index (χ0n) is 16.7. The standard InChI is InChI=1S/C24H24FN3O2/c25-19-13-11-18(12-14-19)17-28-21-8-4-3-7-20(21)27-23(28)10-2-1-5-15-26-24(29)22-9-6-16-30-22/h3-4,6-9,11-14,16H,1-2,5,10,15,17H2,(H,26,29). The number of para-hydroxylation sites is 2. The van der Waals surface area contributed by atoms with Crippen LogP contribution in [0.15, 0.2) is 71.3 Å². The molecular weight excluding hydrogens is 381 g/mol. The third kappa shape index (κ3) is 4.76. The molecule has 2 aromatic carbocycles. The molecule has 1 N–H and O–H groups in total. The Balaban J connectivity index is 1.34. The monoisotopic (exact) mass is 405 g/mol. The number of halogens is 1. The Bertz CT molecular complexity index is 1100. The minimum Gasteiger partial charge on any atom is -0.459 e. The first-order chi connectivity index (χ1) is 14.7. The average Bonchev–Trinajstić information content (AvgIpc) is 3.41. The number of furan rings is 1. The maximum Gasteiger partial charge on any atom is 0.286 e. The number of hydrogen-bond donors (Lipinski definition) is 1. The average molecular weight is 405 g/mol. The summed E-state index contributed by atoms with van der Waals surface area (Å²) in [6, 6.07) is 18.1. The minimum absolute atomic E-state index is 0.180. The van der Waals surface area contributed by atoms with Crippen molar-refractivity contribution in [1.82, 2.24) is 14.9 Å². The normalized spacial score (nSPS) is 11.1. The molecular formula is C24H24FN3O2. The second-order valence-corrected chi connectivity index (χ2v) is 7.27. The molecule has 0 aliphatic carbocycles. The van der Waals surface area contributed by atoms with E-state index in [1.165, 1.54) is 18.4 Å². The van der Waals surface area contributed by atoms with Crippen molar-refractivity contribution in [3.05, 3.63) is 89.9 Å². The number of nitrogens with one attached hydrogen (secondary N) is 1. The van der Waals surface area contributed by atoms with Crippen molar-refractivity contribution in [1.29, 1.82) is 0 Å². The van der Waals surface area contributed by atoms with Gasteiger partial charge in [-0.25, -0.2) is 9.37 Å². The Hall–Kier alpha value is -3.41. The summed E-state index contributed by atoms with van der Waals surface area (Å²) in [4.78, 5) is 16.7. The SMILES string of the molecule is O=C(NCCCCCc1nc2ccccc2n1Cc1ccc(F)cc1)c1ccco1. The van der Waals surface area contributed by atoms with Gasteiger partial charge in [0.15, 0.2) is 5.76 Å². The van der Waals surface area contributed by atoms with E-state index >= 15 is 0 Å². The molecule has 6 heteroatoms. The quantitative estimate of drug-likeness (QED) is 0.401. The molecule has 0 unspecified atom stereocenters. The Kier molecular flexibility index (Phi) is 6.23. The maximum atomic E-state index is 13.2. The predicted octanol–water partition coefficient (Wildman–Crippen LogP) is 4.96. The third-order valence-corrected chi connectivity index (χ3v) is 5.10. The lowest BCUT2D eigenvalue weighted by molar-refractivity contribution is 0.0925. The fourth-order valence-electron chi connectivity index (χ4n) is 3.55. The molecule has 0 radical (unpaired) electrons. The molecule has 0 aliphatic heterocycles. The summed E-state index contributed by atoms with van der Waals surface area (Å²) >= 11 is 0. The highest BCUT2D eigenvalue weighted by molar-refractivity contribution is 5.91. The van der Waals surface area contributed by atoms with Gasteiger partial charge in [-0.1, -0.05) is 30.7 Å². The summed E-state index contributed by atoms with van der Waals surface area (Å²) in [5.41, 5.74) is 3.10. The molecule has 5 nitrogen and oxygen atoms in total. The van der Waals surface area contributed by atoms with E-state index in [0.717, 1.165) is 48.1 Å². The molecule has 2 aromatic heterocycles. The summed E-state index contributed by atoms with van der Waals surface area (Å²) in [5.74, 6) is 0.958. The number of imidazole rings is 1. The van der Waals surface area contributed by atoms with E-state index < -0.39 is 0 Å². The predicted molar refractivity (Wildman–Crippen MR) is 114 cm³/mol. The zero-order chi connectivity index (χ0) is 20.8. The number of rotatable bonds is 9. The maximum absolute atomic E-state index is 13.2. The zero-order valence-corrected chi connectivity index (χ0v) is 16.7. The van der Waals surface area contributed by atoms with Gasteiger partial charge in [0, 0.05) is 19.5 Å². The Morgan fingerprint density at radius 2 is 1.83 bits per heavy atom. The number of aryl methyl sites for hydroxylation is 1. The second kappa shape index (κ2) is 9.39. The topological polar surface area (TPSA) is 60.1 Å². The van der Waals surface area contributed by atoms with E-state index in [0.29, 0.717) is 18.8 Å². The molecule has 0 saturated carbocycles. The van der Waals surface area contributed by atoms with Crippen molar-refractivity contribution in [2.75, 3.05) is 6.54 Å². The van der Waals surface area contributed by atoms with Gasteiger partial charge in [-0.3, -0.25) is 4.79 Å². The van der Waals surface area contributed by atoms with Crippen molar-refractivity contribution in [2.24, 2.45) is 0 Å². The largest absolute Gasteiger partial charge is 0.459 e. The number of carbonyl (C=O) groups excluding carboxylic acids is 1. The van der Waals surface area contributed by atoms with Crippen LogP contribution in [0, 0.1) is 5.82 Å². The van der Waals surface area contributed by atoms with Crippen LogP contribution >= 0.6 is 0 Å². The van der Waals surface area contributed by atoms with Crippen molar-refractivity contribution in [3.63, 3.8) is 0 Å². The molecule has 4 aromatic rings. The van der Waals surface area contributed by atoms with Crippen LogP contribution < -0.4 is 5.32 Å². The van der Waals surface area contributed by atoms with Crippen molar-refractivity contribution >= 4 is 16.9 Å². The van der Waals surface area contributed by atoms with Crippen molar-refractivity contribution < 1.29 is 13.6 Å². The third-order valence-electron chi connectivity index (χ3n) is 5.10. The van der Waals surface area contributed by atoms with Crippen LogP contribution in [0.1, 0.15) is 41.2 Å². The van der Waals surface area contributed by atoms with E-state index in [1.807, 2.05) is 30.3 Å². The first-order valence-electron chi connectivity index (χ1n) is 10.2. The van der Waals surface area contributed by atoms with E-state index in [-0.39, 0.29) is 11.7 Å². The van der Waals surface area contributed by atoms with E-state index in [1.54, 1.807) is 12.1 Å². The molecule has 154 valence electrons. The van der Waals surface area contributed by atoms with Crippen LogP contribution in [0.5, 0.6) is 0 Å². The summed E-state index contributed by atoms with van der Waals surface area (Å²) < 4.78 is 20.5. The molecule has 0 fully saturated rings. The summed E-state index contributed by atoms with van der Waals surface area (Å²) in [6.07, 6.45) is 5.20. The number of aromatic nitrogens is 2. The van der Waals surface area contributed by atoms with Gasteiger partial charge >= 0.3 is 0 Å². The van der Waals surface area contributed by atoms with Crippen LogP contribution in [0.4, 0.5) is 4.39 Å². The van der Waals surface area contributed by atoms with Gasteiger partial charge in [-0.15, -0.1) is 0 Å². The molecule has 0 spiro atoms. The highest BCUT2D eigenvalue weighted by Gasteiger charge is 2.11. The molecule has 0 saturated heterocycles. The van der Waals surface area contributed by atoms with E-state index in [2.05, 4.69) is 16.0 Å². The number of benzene rings is 2. The number of hydrogen-bond acceptors (Lipinski definition) is 3. The Labute approximate surface area is 174 Å². The van der Waals surface area contributed by atoms with Gasteiger partial charge in [0.2, 0.25) is 0 Å². The smallest absolute Gasteiger partial charge is 0.286 e. The number of fused-ring (bicyclic) bond motifs is 1. The highest BCUT2D eigenvalue weighted by Crippen LogP contribution is 2.20. The molecule has 2 heterocycles. The van der Waals surface area contributed by atoms with Gasteiger partial charge in [0.05, 0.1) is 17.3 Å². The van der Waals surface area contributed by atoms with Crippen LogP contribution in [-0.4, -0.2) is 22.0 Å². The first-order valence-corrected chi connectivity index (χ1v) is 10.2. The molecule has 0 atom stereocenters. The lowest BCUT2D eigenvalue weighted by Crippen LogP contribution is -2.23. The van der Waals surface area contributed by atoms with E-state index in [9.17, 15) is 9.18 Å². The fraction of sp³-hybridized carbons (Fsp3) is 0.250.